The fourth-order valence-corrected chi connectivity index (χ4v) is 4.11. The van der Waals surface area contributed by atoms with E-state index in [4.69, 9.17) is 0 Å². The molecule has 1 aliphatic carbocycles. The Morgan fingerprint density at radius 3 is 2.54 bits per heavy atom. The fourth-order valence-electron chi connectivity index (χ4n) is 3.46. The molecule has 0 radical (unpaired) electrons. The van der Waals surface area contributed by atoms with Crippen LogP contribution in [0.15, 0.2) is 24.4 Å². The average molecular weight is 509 g/mol. The SMILES string of the molecule is CC(O)(CNC1CCC(NC(=O)c2cc(I)cc3cc[nH]c23)CC1)C(F)(F)F. The van der Waals surface area contributed by atoms with Gasteiger partial charge in [0.25, 0.3) is 5.91 Å². The smallest absolute Gasteiger partial charge is 0.380 e. The van der Waals surface area contributed by atoms with Crippen LogP contribution in [0.4, 0.5) is 13.2 Å². The molecule has 1 amide bonds. The third-order valence-corrected chi connectivity index (χ3v) is 5.90. The molecule has 1 aliphatic rings. The second-order valence-electron chi connectivity index (χ2n) is 7.57. The number of fused-ring (bicyclic) bond motifs is 1. The number of aliphatic hydroxyl groups is 1. The maximum absolute atomic E-state index is 12.7. The molecule has 1 aromatic carbocycles. The molecule has 28 heavy (non-hydrogen) atoms. The Labute approximate surface area is 174 Å². The molecular formula is C19H23F3IN3O2. The maximum atomic E-state index is 12.7. The molecule has 5 nitrogen and oxygen atoms in total. The summed E-state index contributed by atoms with van der Waals surface area (Å²) in [5.41, 5.74) is -1.36. The van der Waals surface area contributed by atoms with Crippen LogP contribution in [0.1, 0.15) is 43.0 Å². The van der Waals surface area contributed by atoms with Gasteiger partial charge in [0, 0.05) is 33.8 Å². The summed E-state index contributed by atoms with van der Waals surface area (Å²) < 4.78 is 39.2. The Hall–Kier alpha value is -1.33. The van der Waals surface area contributed by atoms with Crippen molar-refractivity contribution in [3.05, 3.63) is 33.5 Å². The normalized spacial score (nSPS) is 22.8. The predicted octanol–water partition coefficient (Wildman–Crippen LogP) is 3.72. The molecule has 3 rings (SSSR count). The number of amides is 1. The van der Waals surface area contributed by atoms with Gasteiger partial charge in [-0.2, -0.15) is 13.2 Å². The zero-order valence-corrected chi connectivity index (χ0v) is 17.5. The van der Waals surface area contributed by atoms with Gasteiger partial charge >= 0.3 is 6.18 Å². The van der Waals surface area contributed by atoms with Crippen LogP contribution in [0.2, 0.25) is 0 Å². The monoisotopic (exact) mass is 509 g/mol. The van der Waals surface area contributed by atoms with Crippen molar-refractivity contribution in [3.8, 4) is 0 Å². The van der Waals surface area contributed by atoms with E-state index in [9.17, 15) is 23.1 Å². The minimum Gasteiger partial charge on any atom is -0.380 e. The quantitative estimate of drug-likeness (QED) is 0.465. The molecule has 1 fully saturated rings. The Morgan fingerprint density at radius 2 is 1.89 bits per heavy atom. The first-order valence-electron chi connectivity index (χ1n) is 9.17. The van der Waals surface area contributed by atoms with Crippen LogP contribution in [0.3, 0.4) is 0 Å². The lowest BCUT2D eigenvalue weighted by atomic mass is 9.90. The molecule has 0 bridgehead atoms. The number of rotatable bonds is 5. The summed E-state index contributed by atoms with van der Waals surface area (Å²) in [5.74, 6) is -0.151. The van der Waals surface area contributed by atoms with E-state index in [-0.39, 0.29) is 18.0 Å². The first kappa shape index (κ1) is 21.4. The second-order valence-corrected chi connectivity index (χ2v) is 8.82. The molecule has 1 aromatic heterocycles. The molecule has 4 N–H and O–H groups in total. The number of benzene rings is 1. The summed E-state index contributed by atoms with van der Waals surface area (Å²) in [5, 5.41) is 16.4. The molecule has 1 heterocycles. The van der Waals surface area contributed by atoms with Gasteiger partial charge in [-0.1, -0.05) is 0 Å². The Balaban J connectivity index is 1.53. The number of hydrogen-bond donors (Lipinski definition) is 4. The van der Waals surface area contributed by atoms with Gasteiger partial charge in [0.15, 0.2) is 5.60 Å². The lowest BCUT2D eigenvalue weighted by molar-refractivity contribution is -0.250. The molecule has 154 valence electrons. The van der Waals surface area contributed by atoms with Crippen molar-refractivity contribution in [2.75, 3.05) is 6.54 Å². The molecule has 0 saturated heterocycles. The van der Waals surface area contributed by atoms with E-state index in [1.54, 1.807) is 6.20 Å². The largest absolute Gasteiger partial charge is 0.418 e. The number of carbonyl (C=O) groups excluding carboxylic acids is 1. The van der Waals surface area contributed by atoms with Crippen LogP contribution in [0, 0.1) is 3.57 Å². The summed E-state index contributed by atoms with van der Waals surface area (Å²) in [6.45, 7) is 0.236. The fraction of sp³-hybridized carbons (Fsp3) is 0.526. The van der Waals surface area contributed by atoms with Crippen LogP contribution in [0.25, 0.3) is 10.9 Å². The summed E-state index contributed by atoms with van der Waals surface area (Å²) >= 11 is 2.18. The number of hydrogen-bond acceptors (Lipinski definition) is 3. The van der Waals surface area contributed by atoms with Crippen molar-refractivity contribution >= 4 is 39.4 Å². The Kier molecular flexibility index (Phi) is 6.26. The van der Waals surface area contributed by atoms with Crippen LogP contribution < -0.4 is 10.6 Å². The number of aromatic amines is 1. The van der Waals surface area contributed by atoms with Gasteiger partial charge in [-0.15, -0.1) is 0 Å². The highest BCUT2D eigenvalue weighted by molar-refractivity contribution is 14.1. The molecule has 1 unspecified atom stereocenters. The van der Waals surface area contributed by atoms with Gasteiger partial charge in [0.1, 0.15) is 0 Å². The predicted molar refractivity (Wildman–Crippen MR) is 109 cm³/mol. The van der Waals surface area contributed by atoms with Gasteiger partial charge in [-0.25, -0.2) is 0 Å². The molecule has 1 saturated carbocycles. The highest BCUT2D eigenvalue weighted by Crippen LogP contribution is 2.30. The minimum absolute atomic E-state index is 0.0171. The first-order chi connectivity index (χ1) is 13.1. The summed E-state index contributed by atoms with van der Waals surface area (Å²) in [7, 11) is 0. The Morgan fingerprint density at radius 1 is 1.25 bits per heavy atom. The van der Waals surface area contributed by atoms with Crippen LogP contribution >= 0.6 is 22.6 Å². The number of alkyl halides is 3. The number of aromatic nitrogens is 1. The molecule has 9 heteroatoms. The molecule has 2 aromatic rings. The van der Waals surface area contributed by atoms with Crippen LogP contribution in [0.5, 0.6) is 0 Å². The van der Waals surface area contributed by atoms with Crippen molar-refractivity contribution in [1.82, 2.24) is 15.6 Å². The number of halogens is 4. The lowest BCUT2D eigenvalue weighted by Gasteiger charge is -2.33. The van der Waals surface area contributed by atoms with Gasteiger partial charge in [-0.05, 0) is 73.4 Å². The molecule has 0 spiro atoms. The molecule has 1 atom stereocenters. The summed E-state index contributed by atoms with van der Waals surface area (Å²) in [6, 6.07) is 5.63. The van der Waals surface area contributed by atoms with Crippen LogP contribution in [-0.4, -0.2) is 46.4 Å². The van der Waals surface area contributed by atoms with Gasteiger partial charge < -0.3 is 20.7 Å². The van der Waals surface area contributed by atoms with Gasteiger partial charge in [0.05, 0.1) is 11.1 Å². The topological polar surface area (TPSA) is 77.2 Å². The van der Waals surface area contributed by atoms with E-state index in [0.29, 0.717) is 31.2 Å². The number of carbonyl (C=O) groups is 1. The van der Waals surface area contributed by atoms with E-state index in [1.165, 1.54) is 0 Å². The maximum Gasteiger partial charge on any atom is 0.418 e. The van der Waals surface area contributed by atoms with E-state index >= 15 is 0 Å². The third-order valence-electron chi connectivity index (χ3n) is 5.28. The molecule has 0 aliphatic heterocycles. The highest BCUT2D eigenvalue weighted by atomic mass is 127. The van der Waals surface area contributed by atoms with E-state index < -0.39 is 18.3 Å². The van der Waals surface area contributed by atoms with Gasteiger partial charge in [-0.3, -0.25) is 4.79 Å². The third kappa shape index (κ3) is 4.80. The second kappa shape index (κ2) is 8.19. The zero-order valence-electron chi connectivity index (χ0n) is 15.4. The van der Waals surface area contributed by atoms with E-state index in [1.807, 2.05) is 18.2 Å². The number of H-pyrrole nitrogens is 1. The number of nitrogens with one attached hydrogen (secondary N) is 3. The first-order valence-corrected chi connectivity index (χ1v) is 10.2. The van der Waals surface area contributed by atoms with E-state index in [2.05, 4.69) is 38.2 Å². The van der Waals surface area contributed by atoms with Crippen molar-refractivity contribution in [2.24, 2.45) is 0 Å². The van der Waals surface area contributed by atoms with Gasteiger partial charge in [0.2, 0.25) is 0 Å². The molecular weight excluding hydrogens is 486 g/mol. The summed E-state index contributed by atoms with van der Waals surface area (Å²) in [4.78, 5) is 15.8. The summed E-state index contributed by atoms with van der Waals surface area (Å²) in [6.07, 6.45) is -0.233. The lowest BCUT2D eigenvalue weighted by Crippen LogP contribution is -2.53. The standard InChI is InChI=1S/C19H23F3IN3O2/c1-18(28,19(20,21)22)10-25-13-2-4-14(5-3-13)26-17(27)15-9-12(23)8-11-6-7-24-16(11)15/h6-9,13-14,24-25,28H,2-5,10H2,1H3,(H,26,27). The van der Waals surface area contributed by atoms with Crippen molar-refractivity contribution in [2.45, 2.75) is 56.5 Å². The Bertz CT molecular complexity index is 843. The average Bonchev–Trinajstić information content (AvgIpc) is 3.07. The van der Waals surface area contributed by atoms with Crippen molar-refractivity contribution in [1.29, 1.82) is 0 Å². The van der Waals surface area contributed by atoms with Crippen molar-refractivity contribution in [3.63, 3.8) is 0 Å². The highest BCUT2D eigenvalue weighted by Gasteiger charge is 2.49. The zero-order chi connectivity index (χ0) is 20.5. The van der Waals surface area contributed by atoms with Crippen molar-refractivity contribution < 1.29 is 23.1 Å². The van der Waals surface area contributed by atoms with E-state index in [0.717, 1.165) is 21.4 Å². The van der Waals surface area contributed by atoms with Crippen LogP contribution in [-0.2, 0) is 0 Å². The minimum atomic E-state index is -4.67.